The Labute approximate surface area is 95.1 Å². The summed E-state index contributed by atoms with van der Waals surface area (Å²) in [6.07, 6.45) is 4.06. The molecule has 1 saturated carbocycles. The molecule has 1 aliphatic rings. The molecule has 1 aliphatic carbocycles. The summed E-state index contributed by atoms with van der Waals surface area (Å²) in [5, 5.41) is 17.4. The second-order valence-corrected chi connectivity index (χ2v) is 4.14. The van der Waals surface area contributed by atoms with E-state index in [1.807, 2.05) is 0 Å². The second kappa shape index (κ2) is 6.48. The summed E-state index contributed by atoms with van der Waals surface area (Å²) in [7, 11) is 0. The highest BCUT2D eigenvalue weighted by atomic mass is 16.4. The van der Waals surface area contributed by atoms with Crippen molar-refractivity contribution in [1.82, 2.24) is 4.90 Å². The van der Waals surface area contributed by atoms with Gasteiger partial charge < -0.3 is 15.1 Å². The Kier molecular flexibility index (Phi) is 5.25. The number of amides is 1. The van der Waals surface area contributed by atoms with Crippen molar-refractivity contribution in [2.45, 2.75) is 44.6 Å². The van der Waals surface area contributed by atoms with E-state index in [4.69, 9.17) is 10.2 Å². The van der Waals surface area contributed by atoms with Gasteiger partial charge in [-0.25, -0.2) is 0 Å². The first-order chi connectivity index (χ1) is 7.65. The molecule has 0 radical (unpaired) electrons. The van der Waals surface area contributed by atoms with E-state index in [0.717, 1.165) is 25.7 Å². The molecule has 0 heterocycles. The molecular weight excluding hydrogens is 210 g/mol. The van der Waals surface area contributed by atoms with Crippen molar-refractivity contribution in [2.75, 3.05) is 13.2 Å². The van der Waals surface area contributed by atoms with Gasteiger partial charge in [0.05, 0.1) is 13.0 Å². The molecule has 5 nitrogen and oxygen atoms in total. The summed E-state index contributed by atoms with van der Waals surface area (Å²) in [6.45, 7) is 0.262. The van der Waals surface area contributed by atoms with Crippen LogP contribution in [0.3, 0.4) is 0 Å². The topological polar surface area (TPSA) is 77.8 Å². The lowest BCUT2D eigenvalue weighted by molar-refractivity contribution is -0.141. The number of carbonyl (C=O) groups is 2. The highest BCUT2D eigenvalue weighted by Gasteiger charge is 2.26. The highest BCUT2D eigenvalue weighted by Crippen LogP contribution is 2.23. The van der Waals surface area contributed by atoms with Crippen molar-refractivity contribution < 1.29 is 19.8 Å². The van der Waals surface area contributed by atoms with E-state index in [1.54, 1.807) is 4.90 Å². The predicted octanol–water partition coefficient (Wildman–Crippen LogP) is 0.615. The minimum atomic E-state index is -0.955. The number of aliphatic carboxylic acids is 1. The first kappa shape index (κ1) is 13.0. The molecule has 5 heteroatoms. The second-order valence-electron chi connectivity index (χ2n) is 4.14. The highest BCUT2D eigenvalue weighted by molar-refractivity contribution is 5.81. The molecule has 0 aromatic carbocycles. The molecule has 0 spiro atoms. The molecule has 0 aromatic rings. The predicted molar refractivity (Wildman–Crippen MR) is 57.9 cm³/mol. The van der Waals surface area contributed by atoms with Gasteiger partial charge in [-0.2, -0.15) is 0 Å². The van der Waals surface area contributed by atoms with E-state index in [0.29, 0.717) is 6.54 Å². The SMILES string of the molecule is O=C(O)CCC(=O)N(CCO)C1CCCC1. The van der Waals surface area contributed by atoms with Crippen LogP contribution in [0.15, 0.2) is 0 Å². The lowest BCUT2D eigenvalue weighted by Crippen LogP contribution is -2.40. The van der Waals surface area contributed by atoms with E-state index in [-0.39, 0.29) is 31.4 Å². The van der Waals surface area contributed by atoms with Crippen molar-refractivity contribution in [3.05, 3.63) is 0 Å². The first-order valence-electron chi connectivity index (χ1n) is 5.77. The summed E-state index contributed by atoms with van der Waals surface area (Å²) in [5.41, 5.74) is 0. The van der Waals surface area contributed by atoms with Gasteiger partial charge in [0, 0.05) is 19.0 Å². The Morgan fingerprint density at radius 1 is 1.19 bits per heavy atom. The summed E-state index contributed by atoms with van der Waals surface area (Å²) in [6, 6.07) is 0.202. The number of aliphatic hydroxyl groups excluding tert-OH is 1. The zero-order chi connectivity index (χ0) is 12.0. The fourth-order valence-electron chi connectivity index (χ4n) is 2.19. The average Bonchev–Trinajstić information content (AvgIpc) is 2.75. The van der Waals surface area contributed by atoms with Gasteiger partial charge in [-0.3, -0.25) is 9.59 Å². The summed E-state index contributed by atoms with van der Waals surface area (Å²) in [4.78, 5) is 23.8. The minimum Gasteiger partial charge on any atom is -0.481 e. The molecule has 0 saturated heterocycles. The van der Waals surface area contributed by atoms with Gasteiger partial charge in [-0.1, -0.05) is 12.8 Å². The van der Waals surface area contributed by atoms with Crippen LogP contribution < -0.4 is 0 Å². The molecule has 2 N–H and O–H groups in total. The Hall–Kier alpha value is -1.10. The van der Waals surface area contributed by atoms with E-state index in [2.05, 4.69) is 0 Å². The zero-order valence-corrected chi connectivity index (χ0v) is 9.39. The lowest BCUT2D eigenvalue weighted by atomic mass is 10.2. The van der Waals surface area contributed by atoms with E-state index >= 15 is 0 Å². The third-order valence-electron chi connectivity index (χ3n) is 2.98. The molecule has 1 amide bonds. The van der Waals surface area contributed by atoms with Gasteiger partial charge in [0.25, 0.3) is 0 Å². The standard InChI is InChI=1S/C11H19NO4/c13-8-7-12(9-3-1-2-4-9)10(14)5-6-11(15)16/h9,13H,1-8H2,(H,15,16). The normalized spacial score (nSPS) is 16.3. The Morgan fingerprint density at radius 2 is 1.81 bits per heavy atom. The number of nitrogens with zero attached hydrogens (tertiary/aromatic N) is 1. The van der Waals surface area contributed by atoms with Crippen LogP contribution >= 0.6 is 0 Å². The van der Waals surface area contributed by atoms with Crippen molar-refractivity contribution in [2.24, 2.45) is 0 Å². The largest absolute Gasteiger partial charge is 0.481 e. The number of rotatable bonds is 6. The zero-order valence-electron chi connectivity index (χ0n) is 9.39. The van der Waals surface area contributed by atoms with Gasteiger partial charge in [0.1, 0.15) is 0 Å². The number of carbonyl (C=O) groups excluding carboxylic acids is 1. The monoisotopic (exact) mass is 229 g/mol. The van der Waals surface area contributed by atoms with E-state index in [1.165, 1.54) is 0 Å². The summed E-state index contributed by atoms with van der Waals surface area (Å²) in [5.74, 6) is -1.10. The number of hydrogen-bond donors (Lipinski definition) is 2. The Morgan fingerprint density at radius 3 is 2.31 bits per heavy atom. The summed E-state index contributed by atoms with van der Waals surface area (Å²) >= 11 is 0. The Bertz CT molecular complexity index is 248. The third-order valence-corrected chi connectivity index (χ3v) is 2.98. The fraction of sp³-hybridized carbons (Fsp3) is 0.818. The van der Waals surface area contributed by atoms with Crippen molar-refractivity contribution in [3.63, 3.8) is 0 Å². The van der Waals surface area contributed by atoms with Crippen LogP contribution in [-0.2, 0) is 9.59 Å². The molecular formula is C11H19NO4. The van der Waals surface area contributed by atoms with Gasteiger partial charge in [0.2, 0.25) is 5.91 Å². The van der Waals surface area contributed by atoms with Crippen LogP contribution in [0, 0.1) is 0 Å². The number of hydrogen-bond acceptors (Lipinski definition) is 3. The number of carboxylic acids is 1. The van der Waals surface area contributed by atoms with Crippen LogP contribution in [-0.4, -0.2) is 46.2 Å². The molecule has 0 aromatic heterocycles. The van der Waals surface area contributed by atoms with Crippen LogP contribution in [0.2, 0.25) is 0 Å². The van der Waals surface area contributed by atoms with Crippen LogP contribution in [0.1, 0.15) is 38.5 Å². The lowest BCUT2D eigenvalue weighted by Gasteiger charge is -2.28. The molecule has 0 unspecified atom stereocenters. The van der Waals surface area contributed by atoms with Gasteiger partial charge >= 0.3 is 5.97 Å². The van der Waals surface area contributed by atoms with Crippen molar-refractivity contribution in [3.8, 4) is 0 Å². The third kappa shape index (κ3) is 3.81. The molecule has 0 atom stereocenters. The van der Waals surface area contributed by atoms with Gasteiger partial charge in [-0.05, 0) is 12.8 Å². The molecule has 1 rings (SSSR count). The molecule has 16 heavy (non-hydrogen) atoms. The quantitative estimate of drug-likeness (QED) is 0.699. The first-order valence-corrected chi connectivity index (χ1v) is 5.77. The molecule has 0 aliphatic heterocycles. The molecule has 0 bridgehead atoms. The van der Waals surface area contributed by atoms with Gasteiger partial charge in [-0.15, -0.1) is 0 Å². The van der Waals surface area contributed by atoms with Crippen LogP contribution in [0.5, 0.6) is 0 Å². The molecule has 1 fully saturated rings. The van der Waals surface area contributed by atoms with E-state index < -0.39 is 5.97 Å². The van der Waals surface area contributed by atoms with Crippen LogP contribution in [0.4, 0.5) is 0 Å². The number of carboxylic acid groups (broad SMARTS) is 1. The van der Waals surface area contributed by atoms with Crippen molar-refractivity contribution in [1.29, 1.82) is 0 Å². The smallest absolute Gasteiger partial charge is 0.303 e. The maximum atomic E-state index is 11.8. The van der Waals surface area contributed by atoms with E-state index in [9.17, 15) is 9.59 Å². The number of aliphatic hydroxyl groups is 1. The van der Waals surface area contributed by atoms with Crippen LogP contribution in [0.25, 0.3) is 0 Å². The minimum absolute atomic E-state index is 0.0336. The average molecular weight is 229 g/mol. The maximum Gasteiger partial charge on any atom is 0.303 e. The van der Waals surface area contributed by atoms with Gasteiger partial charge in [0.15, 0.2) is 0 Å². The summed E-state index contributed by atoms with van der Waals surface area (Å²) < 4.78 is 0. The maximum absolute atomic E-state index is 11.8. The fourth-order valence-corrected chi connectivity index (χ4v) is 2.19. The molecule has 92 valence electrons. The van der Waals surface area contributed by atoms with Crippen molar-refractivity contribution >= 4 is 11.9 Å². The Balaban J connectivity index is 2.47.